The van der Waals surface area contributed by atoms with Gasteiger partial charge in [-0.15, -0.1) is 0 Å². The molecule has 0 fully saturated rings. The van der Waals surface area contributed by atoms with Gasteiger partial charge < -0.3 is 19.0 Å². The van der Waals surface area contributed by atoms with Crippen LogP contribution in [0.3, 0.4) is 0 Å². The average Bonchev–Trinajstić information content (AvgIpc) is 3.32. The monoisotopic (exact) mass is 529 g/mol. The highest BCUT2D eigenvalue weighted by atomic mass is 16.5. The van der Waals surface area contributed by atoms with Crippen molar-refractivity contribution in [2.45, 2.75) is 65.9 Å². The summed E-state index contributed by atoms with van der Waals surface area (Å²) in [4.78, 5) is 16.8. The van der Waals surface area contributed by atoms with Gasteiger partial charge in [0.15, 0.2) is 0 Å². The molecule has 4 rings (SSSR count). The molecule has 4 aromatic rings. The first-order valence-electron chi connectivity index (χ1n) is 13.6. The van der Waals surface area contributed by atoms with Gasteiger partial charge in [-0.1, -0.05) is 75.7 Å². The molecule has 0 bridgehead atoms. The quantitative estimate of drug-likeness (QED) is 0.202. The smallest absolute Gasteiger partial charge is 0.348 e. The van der Waals surface area contributed by atoms with Crippen molar-refractivity contribution < 1.29 is 23.8 Å². The van der Waals surface area contributed by atoms with Gasteiger partial charge in [0.2, 0.25) is 11.5 Å². The van der Waals surface area contributed by atoms with E-state index >= 15 is 0 Å². The zero-order valence-corrected chi connectivity index (χ0v) is 23.6. The lowest BCUT2D eigenvalue weighted by Crippen LogP contribution is -2.43. The number of rotatable bonds is 12. The van der Waals surface area contributed by atoms with Crippen LogP contribution in [0.4, 0.5) is 0 Å². The summed E-state index contributed by atoms with van der Waals surface area (Å²) in [6, 6.07) is 24.8. The molecule has 0 radical (unpaired) electrons. The molecule has 1 atom stereocenters. The molecule has 1 unspecified atom stereocenters. The summed E-state index contributed by atoms with van der Waals surface area (Å²) in [6.45, 7) is 10.1. The number of hydrogen-bond donors (Lipinski definition) is 1. The van der Waals surface area contributed by atoms with Gasteiger partial charge in [0.25, 0.3) is 0 Å². The third-order valence-corrected chi connectivity index (χ3v) is 6.23. The largest absolute Gasteiger partial charge is 0.493 e. The molecule has 0 saturated heterocycles. The molecular weight excluding hydrogens is 490 g/mol. The number of aliphatic carboxylic acids is 1. The minimum absolute atomic E-state index is 0.231. The summed E-state index contributed by atoms with van der Waals surface area (Å²) in [5.41, 5.74) is 2.37. The van der Waals surface area contributed by atoms with Crippen LogP contribution in [-0.4, -0.2) is 28.3 Å². The number of ether oxygens (including phenoxy) is 2. The zero-order chi connectivity index (χ0) is 28.3. The Morgan fingerprint density at radius 1 is 0.974 bits per heavy atom. The molecule has 39 heavy (non-hydrogen) atoms. The fourth-order valence-electron chi connectivity index (χ4n) is 4.26. The van der Waals surface area contributed by atoms with Gasteiger partial charge in [0, 0.05) is 18.4 Å². The Kier molecular flexibility index (Phi) is 10.7. The van der Waals surface area contributed by atoms with E-state index in [9.17, 15) is 9.90 Å². The normalized spacial score (nSPS) is 12.1. The molecule has 1 aromatic heterocycles. The molecule has 0 amide bonds. The molecule has 1 N–H and O–H groups in total. The molecule has 6 nitrogen and oxygen atoms in total. The van der Waals surface area contributed by atoms with Crippen LogP contribution in [0.15, 0.2) is 83.3 Å². The van der Waals surface area contributed by atoms with E-state index in [0.717, 1.165) is 46.7 Å². The number of oxazole rings is 1. The number of aromatic nitrogens is 1. The summed E-state index contributed by atoms with van der Waals surface area (Å²) < 4.78 is 17.9. The second-order valence-electron chi connectivity index (χ2n) is 9.31. The molecule has 0 aliphatic carbocycles. The number of nitrogens with zero attached hydrogens (tertiary/aromatic N) is 1. The fraction of sp³-hybridized carbons (Fsp3) is 0.333. The number of aryl methyl sites for hydroxylation is 2. The number of carboxylic acids is 1. The van der Waals surface area contributed by atoms with E-state index in [1.807, 2.05) is 87.5 Å². The lowest BCUT2D eigenvalue weighted by molar-refractivity contribution is -0.153. The van der Waals surface area contributed by atoms with Gasteiger partial charge in [-0.3, -0.25) is 0 Å². The topological polar surface area (TPSA) is 81.8 Å². The van der Waals surface area contributed by atoms with Crippen LogP contribution in [0.2, 0.25) is 0 Å². The van der Waals surface area contributed by atoms with Crippen LogP contribution in [-0.2, 0) is 24.1 Å². The van der Waals surface area contributed by atoms with Crippen molar-refractivity contribution in [3.05, 3.63) is 101 Å². The summed E-state index contributed by atoms with van der Waals surface area (Å²) >= 11 is 0. The molecule has 0 saturated carbocycles. The van der Waals surface area contributed by atoms with Crippen molar-refractivity contribution in [2.24, 2.45) is 0 Å². The molecule has 206 valence electrons. The fourth-order valence-corrected chi connectivity index (χ4v) is 4.26. The maximum Gasteiger partial charge on any atom is 0.348 e. The van der Waals surface area contributed by atoms with E-state index in [-0.39, 0.29) is 6.42 Å². The second-order valence-corrected chi connectivity index (χ2v) is 9.31. The van der Waals surface area contributed by atoms with E-state index in [4.69, 9.17) is 13.9 Å². The summed E-state index contributed by atoms with van der Waals surface area (Å²) in [5, 5.41) is 9.94. The van der Waals surface area contributed by atoms with Crippen molar-refractivity contribution in [2.75, 3.05) is 6.61 Å². The first-order chi connectivity index (χ1) is 18.9. The highest BCUT2D eigenvalue weighted by Crippen LogP contribution is 2.28. The molecule has 6 heteroatoms. The first kappa shape index (κ1) is 29.5. The van der Waals surface area contributed by atoms with Crippen LogP contribution in [0, 0.1) is 6.92 Å². The Hall–Kier alpha value is -4.06. The van der Waals surface area contributed by atoms with Crippen LogP contribution in [0.5, 0.6) is 11.5 Å². The predicted octanol–water partition coefficient (Wildman–Crippen LogP) is 7.72. The van der Waals surface area contributed by atoms with Gasteiger partial charge in [0.1, 0.15) is 17.3 Å². The van der Waals surface area contributed by atoms with Crippen molar-refractivity contribution in [3.8, 4) is 23.0 Å². The Morgan fingerprint density at radius 3 is 2.28 bits per heavy atom. The minimum atomic E-state index is -1.39. The highest BCUT2D eigenvalue weighted by molar-refractivity contribution is 5.78. The second kappa shape index (κ2) is 14.2. The Bertz CT molecular complexity index is 1320. The van der Waals surface area contributed by atoms with E-state index in [2.05, 4.69) is 11.9 Å². The maximum atomic E-state index is 12.1. The third kappa shape index (κ3) is 7.96. The van der Waals surface area contributed by atoms with E-state index < -0.39 is 11.6 Å². The van der Waals surface area contributed by atoms with Crippen LogP contribution in [0.1, 0.15) is 56.7 Å². The SMILES string of the molecule is CC.CCCc1cc(CC(C)(Oc2ccccc2)C(=O)O)ccc1OCCc1nc(-c2ccccc2)oc1C. The molecule has 0 aliphatic heterocycles. The molecule has 0 spiro atoms. The van der Waals surface area contributed by atoms with Crippen molar-refractivity contribution >= 4 is 5.97 Å². The molecular formula is C33H39NO5. The lowest BCUT2D eigenvalue weighted by atomic mass is 9.94. The summed E-state index contributed by atoms with van der Waals surface area (Å²) in [5.74, 6) is 1.73. The number of para-hydroxylation sites is 1. The van der Waals surface area contributed by atoms with Gasteiger partial charge in [0.05, 0.1) is 12.3 Å². The van der Waals surface area contributed by atoms with Gasteiger partial charge in [-0.2, -0.15) is 0 Å². The van der Waals surface area contributed by atoms with E-state index in [1.54, 1.807) is 19.1 Å². The number of carbonyl (C=O) groups is 1. The Labute approximate surface area is 231 Å². The molecule has 1 heterocycles. The van der Waals surface area contributed by atoms with Crippen LogP contribution >= 0.6 is 0 Å². The number of benzene rings is 3. The molecule has 3 aromatic carbocycles. The summed E-state index contributed by atoms with van der Waals surface area (Å²) in [7, 11) is 0. The van der Waals surface area contributed by atoms with Crippen LogP contribution in [0.25, 0.3) is 11.5 Å². The van der Waals surface area contributed by atoms with Crippen molar-refractivity contribution in [1.29, 1.82) is 0 Å². The molecule has 0 aliphatic rings. The van der Waals surface area contributed by atoms with Gasteiger partial charge in [-0.25, -0.2) is 9.78 Å². The first-order valence-corrected chi connectivity index (χ1v) is 13.6. The third-order valence-electron chi connectivity index (χ3n) is 6.23. The lowest BCUT2D eigenvalue weighted by Gasteiger charge is -2.27. The zero-order valence-electron chi connectivity index (χ0n) is 23.6. The van der Waals surface area contributed by atoms with E-state index in [0.29, 0.717) is 24.7 Å². The van der Waals surface area contributed by atoms with Crippen molar-refractivity contribution in [1.82, 2.24) is 4.98 Å². The number of hydrogen-bond acceptors (Lipinski definition) is 5. The van der Waals surface area contributed by atoms with Gasteiger partial charge in [-0.05, 0) is 61.7 Å². The minimum Gasteiger partial charge on any atom is -0.493 e. The Balaban J connectivity index is 0.00000205. The summed E-state index contributed by atoms with van der Waals surface area (Å²) in [6.07, 6.45) is 2.62. The van der Waals surface area contributed by atoms with Crippen molar-refractivity contribution in [3.63, 3.8) is 0 Å². The van der Waals surface area contributed by atoms with Gasteiger partial charge >= 0.3 is 5.97 Å². The standard InChI is InChI=1S/C31H33NO5.C2H6/c1-4-11-25-20-23(21-31(3,30(33)34)37-26-14-9-6-10-15-26)16-17-28(25)35-19-18-27-22(2)36-29(32-27)24-12-7-5-8-13-24;1-2/h5-10,12-17,20H,4,11,18-19,21H2,1-3H3,(H,33,34);1-2H3. The average molecular weight is 530 g/mol. The maximum absolute atomic E-state index is 12.1. The Morgan fingerprint density at radius 2 is 1.64 bits per heavy atom. The highest BCUT2D eigenvalue weighted by Gasteiger charge is 2.36. The van der Waals surface area contributed by atoms with Crippen LogP contribution < -0.4 is 9.47 Å². The predicted molar refractivity (Wildman–Crippen MR) is 154 cm³/mol. The van der Waals surface area contributed by atoms with E-state index in [1.165, 1.54) is 0 Å². The number of carboxylic acid groups (broad SMARTS) is 1.